The van der Waals surface area contributed by atoms with E-state index in [9.17, 15) is 4.79 Å². The lowest BCUT2D eigenvalue weighted by Gasteiger charge is -2.27. The van der Waals surface area contributed by atoms with E-state index in [1.165, 1.54) is 25.7 Å². The molecule has 0 spiro atoms. The maximum atomic E-state index is 11.6. The summed E-state index contributed by atoms with van der Waals surface area (Å²) in [5.74, 6) is 0.499. The van der Waals surface area contributed by atoms with Gasteiger partial charge in [-0.15, -0.1) is 0 Å². The minimum Gasteiger partial charge on any atom is -0.385 e. The summed E-state index contributed by atoms with van der Waals surface area (Å²) < 4.78 is 0. The molecule has 1 unspecified atom stereocenters. The molecule has 4 heteroatoms. The number of rotatable bonds is 7. The Morgan fingerprint density at radius 3 is 2.53 bits per heavy atom. The fourth-order valence-corrected chi connectivity index (χ4v) is 2.33. The molecule has 2 amide bonds. The smallest absolute Gasteiger partial charge is 0.346 e. The van der Waals surface area contributed by atoms with Gasteiger partial charge < -0.3 is 10.6 Å². The van der Waals surface area contributed by atoms with Gasteiger partial charge in [-0.3, -0.25) is 0 Å². The number of amides is 2. The second-order valence-corrected chi connectivity index (χ2v) is 5.04. The highest BCUT2D eigenvalue weighted by Crippen LogP contribution is 2.20. The zero-order chi connectivity index (χ0) is 12.8. The predicted molar refractivity (Wildman–Crippen MR) is 71.2 cm³/mol. The van der Waals surface area contributed by atoms with Gasteiger partial charge in [0.15, 0.2) is 0 Å². The number of unbranched alkanes of at least 4 members (excludes halogenated alkanes) is 4. The fraction of sp³-hybridized carbons (Fsp3) is 0.846. The molecular formula is C13H25N3O. The minimum absolute atomic E-state index is 0.0316. The Morgan fingerprint density at radius 2 is 1.94 bits per heavy atom. The van der Waals surface area contributed by atoms with Crippen LogP contribution in [0, 0.1) is 0 Å². The van der Waals surface area contributed by atoms with Crippen LogP contribution in [-0.4, -0.2) is 28.9 Å². The second kappa shape index (κ2) is 6.62. The Morgan fingerprint density at radius 1 is 1.29 bits per heavy atom. The van der Waals surface area contributed by atoms with Crippen molar-refractivity contribution in [1.29, 1.82) is 0 Å². The van der Waals surface area contributed by atoms with Gasteiger partial charge in [0, 0.05) is 6.04 Å². The van der Waals surface area contributed by atoms with Gasteiger partial charge in [0.1, 0.15) is 5.84 Å². The highest BCUT2D eigenvalue weighted by molar-refractivity contribution is 6.02. The van der Waals surface area contributed by atoms with Crippen molar-refractivity contribution in [2.45, 2.75) is 71.4 Å². The van der Waals surface area contributed by atoms with Gasteiger partial charge in [-0.1, -0.05) is 39.0 Å². The molecule has 17 heavy (non-hydrogen) atoms. The molecule has 0 aromatic heterocycles. The van der Waals surface area contributed by atoms with Crippen LogP contribution in [0.15, 0.2) is 4.99 Å². The van der Waals surface area contributed by atoms with Crippen molar-refractivity contribution in [2.75, 3.05) is 0 Å². The lowest BCUT2D eigenvalue weighted by Crippen LogP contribution is -2.44. The van der Waals surface area contributed by atoms with Crippen LogP contribution in [-0.2, 0) is 0 Å². The summed E-state index contributed by atoms with van der Waals surface area (Å²) in [5, 5.41) is 0. The Hall–Kier alpha value is -1.06. The zero-order valence-corrected chi connectivity index (χ0v) is 11.3. The Balaban J connectivity index is 2.40. The number of carbonyl (C=O) groups is 1. The van der Waals surface area contributed by atoms with Gasteiger partial charge in [0.2, 0.25) is 0 Å². The van der Waals surface area contributed by atoms with Crippen molar-refractivity contribution < 1.29 is 4.79 Å². The van der Waals surface area contributed by atoms with Gasteiger partial charge >= 0.3 is 6.03 Å². The molecular weight excluding hydrogens is 214 g/mol. The van der Waals surface area contributed by atoms with E-state index in [-0.39, 0.29) is 18.1 Å². The normalized spacial score (nSPS) is 20.2. The summed E-state index contributed by atoms with van der Waals surface area (Å²) >= 11 is 0. The molecule has 0 saturated carbocycles. The molecule has 2 N–H and O–H groups in total. The Bertz CT molecular complexity index is 286. The van der Waals surface area contributed by atoms with Crippen LogP contribution in [0.3, 0.4) is 0 Å². The van der Waals surface area contributed by atoms with Crippen molar-refractivity contribution in [3.63, 3.8) is 0 Å². The Labute approximate surface area is 104 Å². The van der Waals surface area contributed by atoms with E-state index in [1.54, 1.807) is 4.90 Å². The summed E-state index contributed by atoms with van der Waals surface area (Å²) in [5.41, 5.74) is 5.83. The van der Waals surface area contributed by atoms with Crippen molar-refractivity contribution >= 4 is 11.9 Å². The van der Waals surface area contributed by atoms with Gasteiger partial charge in [-0.25, -0.2) is 4.79 Å². The highest BCUT2D eigenvalue weighted by Gasteiger charge is 2.34. The number of aliphatic imine (C=N–C) groups is 1. The first-order valence-corrected chi connectivity index (χ1v) is 6.74. The third-order valence-electron chi connectivity index (χ3n) is 3.26. The molecule has 0 aromatic rings. The highest BCUT2D eigenvalue weighted by atomic mass is 16.2. The number of carbonyl (C=O) groups excluding carboxylic acids is 1. The summed E-state index contributed by atoms with van der Waals surface area (Å²) in [6, 6.07) is 0.0353. The third-order valence-corrected chi connectivity index (χ3v) is 3.26. The van der Waals surface area contributed by atoms with E-state index >= 15 is 0 Å². The number of hydrogen-bond donors (Lipinski definition) is 1. The molecule has 1 rings (SSSR count). The molecule has 1 heterocycles. The average Bonchev–Trinajstić information content (AvgIpc) is 2.53. The van der Waals surface area contributed by atoms with Crippen LogP contribution < -0.4 is 5.73 Å². The van der Waals surface area contributed by atoms with E-state index in [0.29, 0.717) is 5.84 Å². The first-order chi connectivity index (χ1) is 8.07. The maximum absolute atomic E-state index is 11.6. The molecule has 98 valence electrons. The molecule has 0 radical (unpaired) electrons. The molecule has 0 aromatic carbocycles. The summed E-state index contributed by atoms with van der Waals surface area (Å²) in [6.45, 7) is 6.23. The Kier molecular flexibility index (Phi) is 5.45. The van der Waals surface area contributed by atoms with Crippen molar-refractivity contribution in [3.05, 3.63) is 0 Å². The first kappa shape index (κ1) is 14.0. The fourth-order valence-electron chi connectivity index (χ4n) is 2.33. The number of urea groups is 1. The molecule has 0 bridgehead atoms. The topological polar surface area (TPSA) is 58.7 Å². The summed E-state index contributed by atoms with van der Waals surface area (Å²) in [7, 11) is 0. The molecule has 1 aliphatic heterocycles. The second-order valence-electron chi connectivity index (χ2n) is 5.04. The standard InChI is InChI=1S/C13H25N3O/c1-4-5-6-7-8-9-11-12(14)15-13(17)16(11)10(2)3/h10-11H,4-9H2,1-3H3,(H2,14,15,17). The zero-order valence-electron chi connectivity index (χ0n) is 11.3. The SMILES string of the molecule is CCCCCCCC1C(N)=NC(=O)N1C(C)C. The van der Waals surface area contributed by atoms with Crippen LogP contribution in [0.25, 0.3) is 0 Å². The van der Waals surface area contributed by atoms with Crippen LogP contribution in [0.1, 0.15) is 59.3 Å². The van der Waals surface area contributed by atoms with E-state index in [2.05, 4.69) is 11.9 Å². The van der Waals surface area contributed by atoms with Crippen molar-refractivity contribution in [3.8, 4) is 0 Å². The summed E-state index contributed by atoms with van der Waals surface area (Å²) in [6.07, 6.45) is 7.11. The van der Waals surface area contributed by atoms with E-state index < -0.39 is 0 Å². The van der Waals surface area contributed by atoms with Gasteiger partial charge in [-0.05, 0) is 20.3 Å². The molecule has 1 aliphatic rings. The van der Waals surface area contributed by atoms with Crippen molar-refractivity contribution in [2.24, 2.45) is 10.7 Å². The van der Waals surface area contributed by atoms with Crippen molar-refractivity contribution in [1.82, 2.24) is 4.90 Å². The average molecular weight is 239 g/mol. The number of amidine groups is 1. The monoisotopic (exact) mass is 239 g/mol. The lowest BCUT2D eigenvalue weighted by molar-refractivity contribution is 0.186. The number of nitrogens with two attached hydrogens (primary N) is 1. The third kappa shape index (κ3) is 3.72. The molecule has 0 saturated heterocycles. The summed E-state index contributed by atoms with van der Waals surface area (Å²) in [4.78, 5) is 17.3. The molecule has 1 atom stereocenters. The number of nitrogens with zero attached hydrogens (tertiary/aromatic N) is 2. The lowest BCUT2D eigenvalue weighted by atomic mass is 10.0. The quantitative estimate of drug-likeness (QED) is 0.694. The molecule has 0 fully saturated rings. The maximum Gasteiger partial charge on any atom is 0.346 e. The van der Waals surface area contributed by atoms with Crippen LogP contribution in [0.5, 0.6) is 0 Å². The number of hydrogen-bond acceptors (Lipinski definition) is 2. The van der Waals surface area contributed by atoms with Crippen LogP contribution in [0.2, 0.25) is 0 Å². The van der Waals surface area contributed by atoms with Crippen LogP contribution >= 0.6 is 0 Å². The first-order valence-electron chi connectivity index (χ1n) is 6.74. The largest absolute Gasteiger partial charge is 0.385 e. The van der Waals surface area contributed by atoms with Gasteiger partial charge in [0.25, 0.3) is 0 Å². The van der Waals surface area contributed by atoms with Gasteiger partial charge in [0.05, 0.1) is 6.04 Å². The van der Waals surface area contributed by atoms with E-state index in [1.807, 2.05) is 13.8 Å². The van der Waals surface area contributed by atoms with Gasteiger partial charge in [-0.2, -0.15) is 4.99 Å². The van der Waals surface area contributed by atoms with E-state index in [0.717, 1.165) is 12.8 Å². The van der Waals surface area contributed by atoms with E-state index in [4.69, 9.17) is 5.73 Å². The van der Waals surface area contributed by atoms with Crippen LogP contribution in [0.4, 0.5) is 4.79 Å². The molecule has 0 aliphatic carbocycles. The predicted octanol–water partition coefficient (Wildman–Crippen LogP) is 2.92. The molecule has 4 nitrogen and oxygen atoms in total. The minimum atomic E-state index is -0.170.